The quantitative estimate of drug-likeness (QED) is 0.722. The van der Waals surface area contributed by atoms with Crippen LogP contribution in [-0.4, -0.2) is 61.7 Å². The maximum Gasteiger partial charge on any atom is 0.408 e. The molecule has 1 saturated heterocycles. The van der Waals surface area contributed by atoms with Gasteiger partial charge in [-0.15, -0.1) is 11.8 Å². The number of hydrogen-bond donors (Lipinski definition) is 2. The molecule has 3 atom stereocenters. The molecule has 0 aromatic carbocycles. The molecule has 0 bridgehead atoms. The third kappa shape index (κ3) is 6.11. The molecule has 1 heterocycles. The van der Waals surface area contributed by atoms with Crippen molar-refractivity contribution in [3.8, 4) is 0 Å². The van der Waals surface area contributed by atoms with Crippen LogP contribution in [0.5, 0.6) is 0 Å². The fourth-order valence-corrected chi connectivity index (χ4v) is 3.12. The summed E-state index contributed by atoms with van der Waals surface area (Å²) in [6, 6.07) is -0.672. The molecule has 1 rings (SSSR count). The van der Waals surface area contributed by atoms with E-state index >= 15 is 0 Å². The second kappa shape index (κ2) is 7.86. The van der Waals surface area contributed by atoms with E-state index in [4.69, 9.17) is 14.2 Å². The molecule has 0 spiro atoms. The van der Waals surface area contributed by atoms with Gasteiger partial charge in [0.25, 0.3) is 0 Å². The average Bonchev–Trinajstić information content (AvgIpc) is 2.84. The van der Waals surface area contributed by atoms with Gasteiger partial charge in [0.2, 0.25) is 0 Å². The van der Waals surface area contributed by atoms with Crippen LogP contribution in [0.25, 0.3) is 0 Å². The highest BCUT2D eigenvalue weighted by atomic mass is 32.2. The van der Waals surface area contributed by atoms with Crippen LogP contribution < -0.4 is 10.6 Å². The van der Waals surface area contributed by atoms with Crippen molar-refractivity contribution >= 4 is 23.8 Å². The number of rotatable bonds is 5. The van der Waals surface area contributed by atoms with Gasteiger partial charge < -0.3 is 19.5 Å². The van der Waals surface area contributed by atoms with Crippen LogP contribution in [0.4, 0.5) is 4.79 Å². The van der Waals surface area contributed by atoms with E-state index in [0.29, 0.717) is 12.4 Å². The zero-order valence-electron chi connectivity index (χ0n) is 13.1. The van der Waals surface area contributed by atoms with Crippen molar-refractivity contribution in [3.05, 3.63) is 0 Å². The lowest BCUT2D eigenvalue weighted by molar-refractivity contribution is -0.142. The van der Waals surface area contributed by atoms with Crippen molar-refractivity contribution in [3.63, 3.8) is 0 Å². The Morgan fingerprint density at radius 2 is 2.05 bits per heavy atom. The number of carbonyl (C=O) groups excluding carboxylic acids is 2. The van der Waals surface area contributed by atoms with E-state index in [9.17, 15) is 9.59 Å². The Bertz CT molecular complexity index is 372. The lowest BCUT2D eigenvalue weighted by atomic mass is 10.2. The minimum Gasteiger partial charge on any atom is -0.468 e. The van der Waals surface area contributed by atoms with Crippen LogP contribution in [0.1, 0.15) is 20.8 Å². The number of alkyl carbamates (subject to hydrolysis) is 1. The van der Waals surface area contributed by atoms with Gasteiger partial charge >= 0.3 is 12.1 Å². The van der Waals surface area contributed by atoms with Gasteiger partial charge in [-0.3, -0.25) is 10.1 Å². The maximum absolute atomic E-state index is 11.9. The van der Waals surface area contributed by atoms with E-state index in [1.54, 1.807) is 27.9 Å². The second-order valence-electron chi connectivity index (χ2n) is 5.70. The first-order valence-corrected chi connectivity index (χ1v) is 7.75. The van der Waals surface area contributed by atoms with E-state index < -0.39 is 11.7 Å². The molecule has 2 N–H and O–H groups in total. The molecule has 0 aliphatic carbocycles. The molecule has 0 saturated carbocycles. The molecule has 122 valence electrons. The monoisotopic (exact) mass is 320 g/mol. The standard InChI is InChI=1S/C13H24N2O5S/c1-13(2,3)20-12(17)15-8(6-18-4)10-14-9(7-21-10)11(16)19-5/h8-10,14H,6-7H2,1-5H3,(H,15,17). The number of amides is 1. The summed E-state index contributed by atoms with van der Waals surface area (Å²) >= 11 is 1.54. The summed E-state index contributed by atoms with van der Waals surface area (Å²) < 4.78 is 15.1. The summed E-state index contributed by atoms with van der Waals surface area (Å²) in [6.07, 6.45) is -0.506. The van der Waals surface area contributed by atoms with Gasteiger partial charge in [0.1, 0.15) is 11.6 Å². The number of nitrogens with one attached hydrogen (secondary N) is 2. The Balaban J connectivity index is 2.58. The van der Waals surface area contributed by atoms with E-state index in [2.05, 4.69) is 10.6 Å². The predicted octanol–water partition coefficient (Wildman–Crippen LogP) is 0.730. The van der Waals surface area contributed by atoms with Gasteiger partial charge in [0.15, 0.2) is 0 Å². The highest BCUT2D eigenvalue weighted by Crippen LogP contribution is 2.22. The van der Waals surface area contributed by atoms with Gasteiger partial charge in [0, 0.05) is 12.9 Å². The van der Waals surface area contributed by atoms with Crippen LogP contribution in [0.2, 0.25) is 0 Å². The molecule has 3 unspecified atom stereocenters. The first kappa shape index (κ1) is 18.1. The van der Waals surface area contributed by atoms with Gasteiger partial charge in [0.05, 0.1) is 25.1 Å². The molecule has 1 aliphatic rings. The molecular weight excluding hydrogens is 296 g/mol. The minimum atomic E-state index is -0.563. The molecule has 0 radical (unpaired) electrons. The van der Waals surface area contributed by atoms with E-state index in [-0.39, 0.29) is 23.4 Å². The smallest absolute Gasteiger partial charge is 0.408 e. The van der Waals surface area contributed by atoms with Gasteiger partial charge in [-0.05, 0) is 20.8 Å². The summed E-state index contributed by atoms with van der Waals surface area (Å²) in [7, 11) is 2.91. The predicted molar refractivity (Wildman–Crippen MR) is 80.2 cm³/mol. The van der Waals surface area contributed by atoms with Crippen LogP contribution >= 0.6 is 11.8 Å². The number of esters is 1. The maximum atomic E-state index is 11.9. The van der Waals surface area contributed by atoms with Crippen molar-refractivity contribution in [1.82, 2.24) is 10.6 Å². The van der Waals surface area contributed by atoms with Crippen LogP contribution in [-0.2, 0) is 19.0 Å². The number of ether oxygens (including phenoxy) is 3. The first-order chi connectivity index (χ1) is 9.76. The summed E-state index contributed by atoms with van der Waals surface area (Å²) in [4.78, 5) is 23.4. The third-order valence-electron chi connectivity index (χ3n) is 2.71. The van der Waals surface area contributed by atoms with E-state index in [0.717, 1.165) is 0 Å². The normalized spacial score (nSPS) is 23.5. The van der Waals surface area contributed by atoms with E-state index in [1.807, 2.05) is 0 Å². The second-order valence-corrected chi connectivity index (χ2v) is 6.88. The Morgan fingerprint density at radius 3 is 2.57 bits per heavy atom. The molecular formula is C13H24N2O5S. The fourth-order valence-electron chi connectivity index (χ4n) is 1.85. The van der Waals surface area contributed by atoms with Gasteiger partial charge in [-0.2, -0.15) is 0 Å². The Morgan fingerprint density at radius 1 is 1.38 bits per heavy atom. The molecule has 7 nitrogen and oxygen atoms in total. The van der Waals surface area contributed by atoms with Gasteiger partial charge in [-0.25, -0.2) is 4.79 Å². The minimum absolute atomic E-state index is 0.137. The van der Waals surface area contributed by atoms with Gasteiger partial charge in [-0.1, -0.05) is 0 Å². The SMILES string of the molecule is COCC(NC(=O)OC(C)(C)C)C1NC(C(=O)OC)CS1. The van der Waals surface area contributed by atoms with Crippen LogP contribution in [0.3, 0.4) is 0 Å². The first-order valence-electron chi connectivity index (χ1n) is 6.70. The Kier molecular flexibility index (Phi) is 6.76. The summed E-state index contributed by atoms with van der Waals surface area (Å²) in [6.45, 7) is 5.72. The van der Waals surface area contributed by atoms with E-state index in [1.165, 1.54) is 18.9 Å². The number of thioether (sulfide) groups is 1. The highest BCUT2D eigenvalue weighted by Gasteiger charge is 2.36. The fraction of sp³-hybridized carbons (Fsp3) is 0.846. The molecule has 0 aromatic heterocycles. The molecule has 1 fully saturated rings. The van der Waals surface area contributed by atoms with Crippen molar-refractivity contribution in [2.75, 3.05) is 26.6 Å². The Labute approximate surface area is 129 Å². The third-order valence-corrected chi connectivity index (χ3v) is 4.06. The van der Waals surface area contributed by atoms with Crippen molar-refractivity contribution in [2.24, 2.45) is 0 Å². The zero-order valence-corrected chi connectivity index (χ0v) is 13.9. The summed E-state index contributed by atoms with van der Waals surface area (Å²) in [5.41, 5.74) is -0.563. The average molecular weight is 320 g/mol. The highest BCUT2D eigenvalue weighted by molar-refractivity contribution is 8.00. The number of methoxy groups -OCH3 is 2. The van der Waals surface area contributed by atoms with Crippen molar-refractivity contribution in [2.45, 2.75) is 43.8 Å². The van der Waals surface area contributed by atoms with Crippen molar-refractivity contribution in [1.29, 1.82) is 0 Å². The number of hydrogen-bond acceptors (Lipinski definition) is 7. The lowest BCUT2D eigenvalue weighted by Gasteiger charge is -2.26. The topological polar surface area (TPSA) is 85.9 Å². The zero-order chi connectivity index (χ0) is 16.0. The van der Waals surface area contributed by atoms with Crippen molar-refractivity contribution < 1.29 is 23.8 Å². The number of carbonyl (C=O) groups is 2. The lowest BCUT2D eigenvalue weighted by Crippen LogP contribution is -2.52. The summed E-state index contributed by atoms with van der Waals surface area (Å²) in [5.74, 6) is 0.284. The van der Waals surface area contributed by atoms with Crippen LogP contribution in [0.15, 0.2) is 0 Å². The molecule has 1 aliphatic heterocycles. The summed E-state index contributed by atoms with van der Waals surface area (Å²) in [5, 5.41) is 5.77. The largest absolute Gasteiger partial charge is 0.468 e. The molecule has 21 heavy (non-hydrogen) atoms. The molecule has 1 amide bonds. The Hall–Kier alpha value is -0.990. The van der Waals surface area contributed by atoms with Crippen LogP contribution in [0, 0.1) is 0 Å². The molecule has 8 heteroatoms. The molecule has 0 aromatic rings.